The highest BCUT2D eigenvalue weighted by Crippen LogP contribution is 2.35. The molecular weight excluding hydrogens is 256 g/mol. The van der Waals surface area contributed by atoms with Crippen LogP contribution in [0, 0.1) is 0 Å². The smallest absolute Gasteiger partial charge is 0.123 e. The lowest BCUT2D eigenvalue weighted by Gasteiger charge is -2.16. The maximum atomic E-state index is 5.88. The minimum absolute atomic E-state index is 0.0602. The van der Waals surface area contributed by atoms with E-state index in [0.29, 0.717) is 0 Å². The highest BCUT2D eigenvalue weighted by Gasteiger charge is 2.29. The summed E-state index contributed by atoms with van der Waals surface area (Å²) in [6.07, 6.45) is 2.83. The summed E-state index contributed by atoms with van der Waals surface area (Å²) in [7, 11) is 0. The Hall–Kier alpha value is -1.39. The number of aromatic nitrogens is 1. The van der Waals surface area contributed by atoms with Crippen LogP contribution >= 0.6 is 11.3 Å². The molecule has 0 atom stereocenters. The van der Waals surface area contributed by atoms with Gasteiger partial charge < -0.3 is 10.1 Å². The summed E-state index contributed by atoms with van der Waals surface area (Å²) >= 11 is 1.68. The van der Waals surface area contributed by atoms with E-state index in [4.69, 9.17) is 4.74 Å². The fraction of sp³-hybridized carbons (Fsp3) is 0.400. The van der Waals surface area contributed by atoms with Crippen molar-refractivity contribution in [3.63, 3.8) is 0 Å². The first-order valence-corrected chi connectivity index (χ1v) is 7.40. The van der Waals surface area contributed by atoms with Gasteiger partial charge in [-0.15, -0.1) is 11.3 Å². The van der Waals surface area contributed by atoms with Gasteiger partial charge in [0.25, 0.3) is 0 Å². The SMILES string of the molecule is CC1(C)Cc2cc(CNCc3nccs3)ccc2O1. The molecule has 0 bridgehead atoms. The van der Waals surface area contributed by atoms with Crippen LogP contribution in [0.2, 0.25) is 0 Å². The summed E-state index contributed by atoms with van der Waals surface area (Å²) in [5.41, 5.74) is 2.56. The van der Waals surface area contributed by atoms with Gasteiger partial charge in [0, 0.05) is 31.1 Å². The molecule has 3 rings (SSSR count). The van der Waals surface area contributed by atoms with Gasteiger partial charge in [-0.25, -0.2) is 4.98 Å². The first kappa shape index (κ1) is 12.6. The lowest BCUT2D eigenvalue weighted by molar-refractivity contribution is 0.138. The van der Waals surface area contributed by atoms with Crippen LogP contribution in [-0.2, 0) is 19.5 Å². The van der Waals surface area contributed by atoms with Crippen molar-refractivity contribution < 1.29 is 4.74 Å². The summed E-state index contributed by atoms with van der Waals surface area (Å²) in [4.78, 5) is 4.26. The average Bonchev–Trinajstić information content (AvgIpc) is 2.94. The lowest BCUT2D eigenvalue weighted by Crippen LogP contribution is -2.24. The van der Waals surface area contributed by atoms with Crippen LogP contribution in [0.25, 0.3) is 0 Å². The van der Waals surface area contributed by atoms with Gasteiger partial charge >= 0.3 is 0 Å². The van der Waals surface area contributed by atoms with E-state index in [1.165, 1.54) is 11.1 Å². The van der Waals surface area contributed by atoms with Gasteiger partial charge in [0.15, 0.2) is 0 Å². The molecular formula is C15H18N2OS. The highest BCUT2D eigenvalue weighted by molar-refractivity contribution is 7.09. The topological polar surface area (TPSA) is 34.2 Å². The van der Waals surface area contributed by atoms with E-state index < -0.39 is 0 Å². The summed E-state index contributed by atoms with van der Waals surface area (Å²) in [5.74, 6) is 1.04. The fourth-order valence-electron chi connectivity index (χ4n) is 2.43. The summed E-state index contributed by atoms with van der Waals surface area (Å²) in [6.45, 7) is 5.96. The highest BCUT2D eigenvalue weighted by atomic mass is 32.1. The fourth-order valence-corrected chi connectivity index (χ4v) is 3.01. The van der Waals surface area contributed by atoms with E-state index >= 15 is 0 Å². The van der Waals surface area contributed by atoms with Crippen molar-refractivity contribution in [1.29, 1.82) is 0 Å². The largest absolute Gasteiger partial charge is 0.487 e. The van der Waals surface area contributed by atoms with Crippen molar-refractivity contribution in [2.24, 2.45) is 0 Å². The number of hydrogen-bond donors (Lipinski definition) is 1. The predicted octanol–water partition coefficient (Wildman–Crippen LogP) is 3.15. The van der Waals surface area contributed by atoms with Gasteiger partial charge in [-0.05, 0) is 31.0 Å². The lowest BCUT2D eigenvalue weighted by atomic mass is 10.0. The van der Waals surface area contributed by atoms with E-state index in [2.05, 4.69) is 42.3 Å². The molecule has 19 heavy (non-hydrogen) atoms. The number of nitrogens with zero attached hydrogens (tertiary/aromatic N) is 1. The van der Waals surface area contributed by atoms with Crippen molar-refractivity contribution in [2.75, 3.05) is 0 Å². The molecule has 1 aromatic heterocycles. The second-order valence-electron chi connectivity index (χ2n) is 5.51. The van der Waals surface area contributed by atoms with E-state index in [-0.39, 0.29) is 5.60 Å². The van der Waals surface area contributed by atoms with Crippen LogP contribution in [0.3, 0.4) is 0 Å². The molecule has 100 valence electrons. The number of rotatable bonds is 4. The number of nitrogens with one attached hydrogen (secondary N) is 1. The van der Waals surface area contributed by atoms with Gasteiger partial charge in [0.2, 0.25) is 0 Å². The molecule has 0 spiro atoms. The molecule has 4 heteroatoms. The third-order valence-corrected chi connectivity index (χ3v) is 4.00. The van der Waals surface area contributed by atoms with Crippen LogP contribution in [0.5, 0.6) is 5.75 Å². The zero-order chi connectivity index (χ0) is 13.3. The van der Waals surface area contributed by atoms with Crippen molar-refractivity contribution in [2.45, 2.75) is 39.0 Å². The second-order valence-corrected chi connectivity index (χ2v) is 6.49. The van der Waals surface area contributed by atoms with E-state index in [1.807, 2.05) is 11.6 Å². The molecule has 1 aliphatic rings. The van der Waals surface area contributed by atoms with Gasteiger partial charge in [0.05, 0.1) is 0 Å². The van der Waals surface area contributed by atoms with Gasteiger partial charge in [-0.3, -0.25) is 0 Å². The van der Waals surface area contributed by atoms with E-state index in [9.17, 15) is 0 Å². The quantitative estimate of drug-likeness (QED) is 0.930. The Bertz CT molecular complexity index is 564. The Morgan fingerprint density at radius 1 is 1.37 bits per heavy atom. The molecule has 1 aromatic carbocycles. The summed E-state index contributed by atoms with van der Waals surface area (Å²) in [5, 5.41) is 6.56. The summed E-state index contributed by atoms with van der Waals surface area (Å²) < 4.78 is 5.88. The summed E-state index contributed by atoms with van der Waals surface area (Å²) in [6, 6.07) is 6.47. The van der Waals surface area contributed by atoms with Crippen LogP contribution < -0.4 is 10.1 Å². The molecule has 2 heterocycles. The van der Waals surface area contributed by atoms with Crippen molar-refractivity contribution in [1.82, 2.24) is 10.3 Å². The third-order valence-electron chi connectivity index (χ3n) is 3.22. The first-order chi connectivity index (χ1) is 9.12. The van der Waals surface area contributed by atoms with Gasteiger partial charge in [-0.2, -0.15) is 0 Å². The number of benzene rings is 1. The molecule has 0 radical (unpaired) electrons. The monoisotopic (exact) mass is 274 g/mol. The normalized spacial score (nSPS) is 16.1. The third kappa shape index (κ3) is 2.96. The van der Waals surface area contributed by atoms with Gasteiger partial charge in [0.1, 0.15) is 16.4 Å². The molecule has 0 unspecified atom stereocenters. The standard InChI is InChI=1S/C15H18N2OS/c1-15(2)8-12-7-11(3-4-13(12)18-15)9-16-10-14-17-5-6-19-14/h3-7,16H,8-10H2,1-2H3. The molecule has 1 aliphatic heterocycles. The van der Waals surface area contributed by atoms with Crippen LogP contribution in [0.1, 0.15) is 30.0 Å². The zero-order valence-electron chi connectivity index (χ0n) is 11.3. The van der Waals surface area contributed by atoms with E-state index in [0.717, 1.165) is 30.3 Å². The maximum absolute atomic E-state index is 5.88. The van der Waals surface area contributed by atoms with Crippen molar-refractivity contribution >= 4 is 11.3 Å². The second kappa shape index (κ2) is 4.94. The van der Waals surface area contributed by atoms with Gasteiger partial charge in [-0.1, -0.05) is 12.1 Å². The number of thiazole rings is 1. The van der Waals surface area contributed by atoms with Crippen molar-refractivity contribution in [3.05, 3.63) is 45.9 Å². The molecule has 0 saturated carbocycles. The predicted molar refractivity (Wildman–Crippen MR) is 77.5 cm³/mol. The molecule has 2 aromatic rings. The van der Waals surface area contributed by atoms with Crippen LogP contribution in [0.15, 0.2) is 29.8 Å². The molecule has 3 nitrogen and oxygen atoms in total. The molecule has 0 fully saturated rings. The molecule has 1 N–H and O–H groups in total. The van der Waals surface area contributed by atoms with Crippen LogP contribution in [-0.4, -0.2) is 10.6 Å². The Balaban J connectivity index is 1.61. The van der Waals surface area contributed by atoms with E-state index in [1.54, 1.807) is 11.3 Å². The molecule has 0 saturated heterocycles. The number of ether oxygens (including phenoxy) is 1. The average molecular weight is 274 g/mol. The number of hydrogen-bond acceptors (Lipinski definition) is 4. The zero-order valence-corrected chi connectivity index (χ0v) is 12.1. The number of fused-ring (bicyclic) bond motifs is 1. The Morgan fingerprint density at radius 2 is 2.26 bits per heavy atom. The van der Waals surface area contributed by atoms with Crippen LogP contribution in [0.4, 0.5) is 0 Å². The Morgan fingerprint density at radius 3 is 3.05 bits per heavy atom. The first-order valence-electron chi connectivity index (χ1n) is 6.52. The maximum Gasteiger partial charge on any atom is 0.123 e. The molecule has 0 aliphatic carbocycles. The minimum atomic E-state index is -0.0602. The minimum Gasteiger partial charge on any atom is -0.487 e. The Labute approximate surface area is 117 Å². The molecule has 0 amide bonds. The Kier molecular flexibility index (Phi) is 3.29. The van der Waals surface area contributed by atoms with Crippen molar-refractivity contribution in [3.8, 4) is 5.75 Å².